The van der Waals surface area contributed by atoms with E-state index in [0.29, 0.717) is 40.0 Å². The molecule has 2 heterocycles. The van der Waals surface area contributed by atoms with Crippen LogP contribution in [0.15, 0.2) is 81.6 Å². The number of thioether (sulfide) groups is 1. The van der Waals surface area contributed by atoms with E-state index in [1.807, 2.05) is 30.3 Å². The molecule has 0 saturated heterocycles. The third-order valence-electron chi connectivity index (χ3n) is 6.39. The van der Waals surface area contributed by atoms with Crippen LogP contribution >= 0.6 is 23.1 Å². The van der Waals surface area contributed by atoms with Crippen molar-refractivity contribution < 1.29 is 19.5 Å². The number of Topliss-reactive ketones (excluding diaryl/α,β-unsaturated/α-hetero) is 1. The fourth-order valence-electron chi connectivity index (χ4n) is 4.73. The zero-order valence-electron chi connectivity index (χ0n) is 20.5. The lowest BCUT2D eigenvalue weighted by atomic mass is 9.76. The predicted molar refractivity (Wildman–Crippen MR) is 147 cm³/mol. The second kappa shape index (κ2) is 11.1. The van der Waals surface area contributed by atoms with Gasteiger partial charge in [0.1, 0.15) is 5.82 Å². The Balaban J connectivity index is 1.40. The molecule has 10 nitrogen and oxygen atoms in total. The van der Waals surface area contributed by atoms with Gasteiger partial charge in [0.25, 0.3) is 0 Å². The summed E-state index contributed by atoms with van der Waals surface area (Å²) in [5.74, 6) is -1.93. The zero-order valence-corrected chi connectivity index (χ0v) is 22.1. The van der Waals surface area contributed by atoms with Crippen molar-refractivity contribution >= 4 is 51.6 Å². The lowest BCUT2D eigenvalue weighted by molar-refractivity contribution is -0.116. The summed E-state index contributed by atoms with van der Waals surface area (Å²) in [6, 6.07) is 17.8. The Labute approximate surface area is 231 Å². The maximum atomic E-state index is 13.2. The third kappa shape index (κ3) is 5.14. The zero-order chi connectivity index (χ0) is 27.5. The van der Waals surface area contributed by atoms with Crippen LogP contribution < -0.4 is 16.0 Å². The number of nitrogens with one attached hydrogen (secondary N) is 1. The Morgan fingerprint density at radius 2 is 1.90 bits per heavy atom. The fraction of sp³-hybridized carbons (Fsp3) is 0.185. The van der Waals surface area contributed by atoms with Gasteiger partial charge in [-0.1, -0.05) is 65.6 Å². The molecule has 1 aliphatic carbocycles. The quantitative estimate of drug-likeness (QED) is 0.357. The molecular formula is C27H22N6O4S2. The number of hydrogen-bond donors (Lipinski definition) is 3. The molecule has 0 spiro atoms. The van der Waals surface area contributed by atoms with E-state index in [1.54, 1.807) is 17.0 Å². The van der Waals surface area contributed by atoms with Crippen molar-refractivity contribution in [3.8, 4) is 6.07 Å². The molecule has 12 heteroatoms. The number of aromatic carboxylic acids is 1. The first kappa shape index (κ1) is 26.1. The van der Waals surface area contributed by atoms with Gasteiger partial charge in [-0.2, -0.15) is 5.26 Å². The summed E-state index contributed by atoms with van der Waals surface area (Å²) in [6.07, 6.45) is 1.65. The third-order valence-corrected chi connectivity index (χ3v) is 8.43. The van der Waals surface area contributed by atoms with Crippen LogP contribution in [-0.4, -0.2) is 38.7 Å². The molecule has 1 aromatic heterocycles. The van der Waals surface area contributed by atoms with E-state index in [4.69, 9.17) is 5.73 Å². The Morgan fingerprint density at radius 1 is 1.15 bits per heavy atom. The van der Waals surface area contributed by atoms with Gasteiger partial charge in [-0.25, -0.2) is 4.79 Å². The number of benzene rings is 2. The summed E-state index contributed by atoms with van der Waals surface area (Å²) >= 11 is 2.33. The largest absolute Gasteiger partial charge is 0.478 e. The van der Waals surface area contributed by atoms with Gasteiger partial charge in [-0.05, 0) is 30.5 Å². The van der Waals surface area contributed by atoms with E-state index in [-0.39, 0.29) is 34.2 Å². The Bertz CT molecular complexity index is 1570. The summed E-state index contributed by atoms with van der Waals surface area (Å²) in [5.41, 5.74) is 9.13. The first-order chi connectivity index (χ1) is 18.9. The Morgan fingerprint density at radius 3 is 2.64 bits per heavy atom. The first-order valence-electron chi connectivity index (χ1n) is 12.0. The van der Waals surface area contributed by atoms with Crippen molar-refractivity contribution in [1.82, 2.24) is 10.2 Å². The van der Waals surface area contributed by atoms with E-state index in [9.17, 15) is 24.8 Å². The number of carbonyl (C=O) groups excluding carboxylic acids is 2. The minimum atomic E-state index is -1.14. The number of nitrogens with zero attached hydrogens (tertiary/aromatic N) is 4. The average molecular weight is 559 g/mol. The average Bonchev–Trinajstić information content (AvgIpc) is 3.40. The molecule has 0 fully saturated rings. The fourth-order valence-corrected chi connectivity index (χ4v) is 6.41. The van der Waals surface area contributed by atoms with Gasteiger partial charge < -0.3 is 16.2 Å². The van der Waals surface area contributed by atoms with Gasteiger partial charge in [-0.15, -0.1) is 10.2 Å². The van der Waals surface area contributed by atoms with Gasteiger partial charge in [0, 0.05) is 17.7 Å². The molecule has 2 aromatic carbocycles. The minimum absolute atomic E-state index is 0.00498. The van der Waals surface area contributed by atoms with Crippen molar-refractivity contribution in [1.29, 1.82) is 5.26 Å². The lowest BCUT2D eigenvalue weighted by Crippen LogP contribution is -2.38. The Kier molecular flexibility index (Phi) is 7.44. The number of para-hydroxylation sites is 1. The number of nitrogens with two attached hydrogens (primary N) is 1. The highest BCUT2D eigenvalue weighted by molar-refractivity contribution is 8.01. The van der Waals surface area contributed by atoms with Crippen LogP contribution in [0.4, 0.5) is 10.8 Å². The summed E-state index contributed by atoms with van der Waals surface area (Å²) in [5, 5.41) is 30.9. The van der Waals surface area contributed by atoms with Gasteiger partial charge in [0.2, 0.25) is 11.0 Å². The number of carboxylic acid groups (broad SMARTS) is 1. The lowest BCUT2D eigenvalue weighted by Gasteiger charge is -2.38. The van der Waals surface area contributed by atoms with Crippen molar-refractivity contribution in [3.63, 3.8) is 0 Å². The molecule has 1 aliphatic heterocycles. The number of allylic oxidation sites excluding steroid dienone is 3. The smallest absolute Gasteiger partial charge is 0.337 e. The molecule has 0 radical (unpaired) electrons. The highest BCUT2D eigenvalue weighted by Gasteiger charge is 2.41. The second-order valence-corrected chi connectivity index (χ2v) is 10.9. The monoisotopic (exact) mass is 558 g/mol. The van der Waals surface area contributed by atoms with Crippen LogP contribution in [0.2, 0.25) is 0 Å². The van der Waals surface area contributed by atoms with Crippen LogP contribution in [0.25, 0.3) is 0 Å². The molecule has 4 N–H and O–H groups in total. The molecule has 39 heavy (non-hydrogen) atoms. The number of carbonyl (C=O) groups is 3. The number of anilines is 2. The number of amides is 1. The number of hydrogen-bond acceptors (Lipinski definition) is 10. The number of ketones is 1. The normalized spacial score (nSPS) is 17.1. The van der Waals surface area contributed by atoms with Crippen molar-refractivity contribution in [3.05, 3.63) is 88.4 Å². The molecule has 196 valence electrons. The maximum absolute atomic E-state index is 13.2. The topological polar surface area (TPSA) is 162 Å². The van der Waals surface area contributed by atoms with Crippen LogP contribution in [0.1, 0.15) is 41.1 Å². The van der Waals surface area contributed by atoms with Crippen LogP contribution in [0, 0.1) is 11.3 Å². The highest BCUT2D eigenvalue weighted by atomic mass is 32.2. The molecule has 0 saturated carbocycles. The number of nitriles is 1. The summed E-state index contributed by atoms with van der Waals surface area (Å²) in [4.78, 5) is 38.7. The summed E-state index contributed by atoms with van der Waals surface area (Å²) in [6.45, 7) is 0. The maximum Gasteiger partial charge on any atom is 0.337 e. The standard InChI is InChI=1S/C27H22N6O4S2/c28-13-17-22(15-7-2-1-3-8-15)23-19(11-6-12-20(23)34)33(24(17)29)26-31-32-27(39-26)38-14-21(35)30-18-10-5-4-9-16(18)25(36)37/h1-5,7-10,22H,6,11-12,14,29H2,(H,30,35)(H,36,37). The SMILES string of the molecule is N#CC1=C(N)N(c2nnc(SCC(=O)Nc3ccccc3C(=O)O)s2)C2=C(C(=O)CCC2)C1c1ccccc1. The van der Waals surface area contributed by atoms with Crippen molar-refractivity contribution in [2.24, 2.45) is 5.73 Å². The number of rotatable bonds is 7. The predicted octanol–water partition coefficient (Wildman–Crippen LogP) is 4.27. The van der Waals surface area contributed by atoms with E-state index in [1.165, 1.54) is 23.5 Å². The van der Waals surface area contributed by atoms with Crippen LogP contribution in [-0.2, 0) is 9.59 Å². The van der Waals surface area contributed by atoms with E-state index in [2.05, 4.69) is 21.6 Å². The summed E-state index contributed by atoms with van der Waals surface area (Å²) < 4.78 is 0.479. The second-order valence-electron chi connectivity index (χ2n) is 8.77. The minimum Gasteiger partial charge on any atom is -0.478 e. The summed E-state index contributed by atoms with van der Waals surface area (Å²) in [7, 11) is 0. The Hall–Kier alpha value is -4.47. The molecular weight excluding hydrogens is 536 g/mol. The molecule has 3 aromatic rings. The highest BCUT2D eigenvalue weighted by Crippen LogP contribution is 2.47. The number of carboxylic acids is 1. The van der Waals surface area contributed by atoms with Crippen LogP contribution in [0.3, 0.4) is 0 Å². The van der Waals surface area contributed by atoms with Gasteiger partial charge >= 0.3 is 5.97 Å². The van der Waals surface area contributed by atoms with E-state index in [0.717, 1.165) is 17.3 Å². The van der Waals surface area contributed by atoms with Gasteiger partial charge in [-0.3, -0.25) is 14.5 Å². The first-order valence-corrected chi connectivity index (χ1v) is 13.8. The van der Waals surface area contributed by atoms with Gasteiger partial charge in [0.05, 0.1) is 34.6 Å². The number of aromatic nitrogens is 2. The molecule has 1 atom stereocenters. The van der Waals surface area contributed by atoms with E-state index >= 15 is 0 Å². The molecule has 2 aliphatic rings. The molecule has 5 rings (SSSR count). The van der Waals surface area contributed by atoms with E-state index < -0.39 is 17.8 Å². The molecule has 0 bridgehead atoms. The molecule has 1 amide bonds. The van der Waals surface area contributed by atoms with Crippen LogP contribution in [0.5, 0.6) is 0 Å². The van der Waals surface area contributed by atoms with Crippen molar-refractivity contribution in [2.45, 2.75) is 29.5 Å². The van der Waals surface area contributed by atoms with Crippen molar-refractivity contribution in [2.75, 3.05) is 16.0 Å². The van der Waals surface area contributed by atoms with Gasteiger partial charge in [0.15, 0.2) is 10.1 Å². The molecule has 1 unspecified atom stereocenters.